The van der Waals surface area contributed by atoms with Gasteiger partial charge in [0.15, 0.2) is 6.29 Å². The molecule has 2 heterocycles. The van der Waals surface area contributed by atoms with Crippen LogP contribution in [0.1, 0.15) is 10.4 Å². The van der Waals surface area contributed by atoms with E-state index >= 15 is 0 Å². The first-order valence-electron chi connectivity index (χ1n) is 9.86. The zero-order valence-electron chi connectivity index (χ0n) is 17.2. The van der Waals surface area contributed by atoms with E-state index in [1.54, 1.807) is 23.1 Å². The van der Waals surface area contributed by atoms with Crippen molar-refractivity contribution in [2.75, 3.05) is 31.1 Å². The van der Waals surface area contributed by atoms with Crippen LogP contribution >= 0.6 is 27.5 Å². The van der Waals surface area contributed by atoms with Crippen LogP contribution in [0.2, 0.25) is 5.02 Å². The summed E-state index contributed by atoms with van der Waals surface area (Å²) in [4.78, 5) is 25.8. The summed E-state index contributed by atoms with van der Waals surface area (Å²) in [6, 6.07) is 9.13. The first-order valence-corrected chi connectivity index (χ1v) is 12.5. The van der Waals surface area contributed by atoms with E-state index in [9.17, 15) is 31.2 Å². The minimum absolute atomic E-state index is 0.0230. The van der Waals surface area contributed by atoms with Gasteiger partial charge in [0.05, 0.1) is 5.52 Å². The van der Waals surface area contributed by atoms with Crippen molar-refractivity contribution < 1.29 is 31.2 Å². The van der Waals surface area contributed by atoms with E-state index in [2.05, 4.69) is 15.9 Å². The van der Waals surface area contributed by atoms with Gasteiger partial charge >= 0.3 is 12.1 Å². The van der Waals surface area contributed by atoms with Crippen molar-refractivity contribution >= 4 is 66.3 Å². The number of benzene rings is 2. The van der Waals surface area contributed by atoms with Crippen molar-refractivity contribution in [3.63, 3.8) is 0 Å². The van der Waals surface area contributed by atoms with Crippen LogP contribution < -0.4 is 4.90 Å². The molecule has 7 nitrogen and oxygen atoms in total. The standard InChI is InChI=1S/C21H16BrClF3N3O4S/c22-15-3-1-2-4-18(15)34(32,33)29-11-13(12-30)19-16(9-14(23)10-17(19)29)27-5-7-28(8-6-27)20(31)21(24,25)26/h1-4,9-12H,5-8H2. The van der Waals surface area contributed by atoms with Crippen LogP contribution in [0.5, 0.6) is 0 Å². The zero-order valence-corrected chi connectivity index (χ0v) is 20.4. The molecule has 1 fully saturated rings. The second-order valence-corrected chi connectivity index (χ2v) is 10.6. The van der Waals surface area contributed by atoms with E-state index in [0.717, 1.165) is 3.97 Å². The number of fused-ring (bicyclic) bond motifs is 1. The van der Waals surface area contributed by atoms with E-state index in [1.807, 2.05) is 0 Å². The second kappa shape index (κ2) is 8.90. The number of amides is 1. The molecule has 1 amide bonds. The molecule has 0 bridgehead atoms. The average molecular weight is 579 g/mol. The lowest BCUT2D eigenvalue weighted by Crippen LogP contribution is -2.52. The molecule has 13 heteroatoms. The van der Waals surface area contributed by atoms with Gasteiger partial charge in [0.1, 0.15) is 4.90 Å². The van der Waals surface area contributed by atoms with Gasteiger partial charge in [-0.05, 0) is 40.2 Å². The van der Waals surface area contributed by atoms with Gasteiger partial charge in [0, 0.05) is 58.5 Å². The molecule has 180 valence electrons. The van der Waals surface area contributed by atoms with Crippen LogP contribution in [0, 0.1) is 0 Å². The highest BCUT2D eigenvalue weighted by atomic mass is 79.9. The second-order valence-electron chi connectivity index (χ2n) is 7.53. The Morgan fingerprint density at radius 1 is 1.09 bits per heavy atom. The third-order valence-electron chi connectivity index (χ3n) is 5.49. The van der Waals surface area contributed by atoms with Crippen molar-refractivity contribution in [3.8, 4) is 0 Å². The number of carbonyl (C=O) groups is 2. The number of aromatic nitrogens is 1. The summed E-state index contributed by atoms with van der Waals surface area (Å²) in [5.41, 5.74) is 0.616. The van der Waals surface area contributed by atoms with Crippen LogP contribution in [-0.2, 0) is 14.8 Å². The molecule has 1 aromatic heterocycles. The van der Waals surface area contributed by atoms with Gasteiger partial charge in [0.25, 0.3) is 10.0 Å². The van der Waals surface area contributed by atoms with Crippen LogP contribution in [-0.4, -0.2) is 61.8 Å². The lowest BCUT2D eigenvalue weighted by molar-refractivity contribution is -0.185. The lowest BCUT2D eigenvalue weighted by atomic mass is 10.1. The molecule has 4 rings (SSSR count). The van der Waals surface area contributed by atoms with Gasteiger partial charge in [0.2, 0.25) is 0 Å². The minimum atomic E-state index is -4.96. The molecule has 0 atom stereocenters. The molecule has 0 spiro atoms. The molecular weight excluding hydrogens is 563 g/mol. The Labute approximate surface area is 205 Å². The monoisotopic (exact) mass is 577 g/mol. The molecule has 1 aliphatic rings. The summed E-state index contributed by atoms with van der Waals surface area (Å²) >= 11 is 9.52. The van der Waals surface area contributed by atoms with Gasteiger partial charge < -0.3 is 9.80 Å². The Hall–Kier alpha value is -2.57. The molecule has 3 aromatic rings. The number of piperazine rings is 1. The van der Waals surface area contributed by atoms with Gasteiger partial charge in [-0.15, -0.1) is 0 Å². The molecule has 0 radical (unpaired) electrons. The Kier molecular flexibility index (Phi) is 6.42. The van der Waals surface area contributed by atoms with Gasteiger partial charge in [-0.3, -0.25) is 9.59 Å². The number of halogens is 5. The molecule has 1 aliphatic heterocycles. The largest absolute Gasteiger partial charge is 0.471 e. The van der Waals surface area contributed by atoms with E-state index < -0.39 is 22.1 Å². The van der Waals surface area contributed by atoms with Crippen molar-refractivity contribution in [3.05, 3.63) is 57.7 Å². The minimum Gasteiger partial charge on any atom is -0.367 e. The summed E-state index contributed by atoms with van der Waals surface area (Å²) in [5, 5.41) is 0.473. The number of rotatable bonds is 4. The summed E-state index contributed by atoms with van der Waals surface area (Å²) < 4.78 is 66.4. The number of anilines is 1. The van der Waals surface area contributed by atoms with Gasteiger partial charge in [-0.25, -0.2) is 12.4 Å². The maximum atomic E-state index is 13.4. The quantitative estimate of drug-likeness (QED) is 0.431. The van der Waals surface area contributed by atoms with Crippen LogP contribution in [0.25, 0.3) is 10.9 Å². The van der Waals surface area contributed by atoms with E-state index in [4.69, 9.17) is 11.6 Å². The third-order valence-corrected chi connectivity index (χ3v) is 8.40. The third kappa shape index (κ3) is 4.29. The fourth-order valence-electron chi connectivity index (χ4n) is 3.94. The number of aldehydes is 1. The Bertz CT molecular complexity index is 1400. The molecule has 1 saturated heterocycles. The first-order chi connectivity index (χ1) is 15.9. The first kappa shape index (κ1) is 24.6. The molecule has 2 aromatic carbocycles. The van der Waals surface area contributed by atoms with Crippen molar-refractivity contribution in [2.45, 2.75) is 11.1 Å². The SMILES string of the molecule is O=Cc1cn(S(=O)(=O)c2ccccc2Br)c2cc(Cl)cc(N3CCN(C(=O)C(F)(F)F)CC3)c12. The fourth-order valence-corrected chi connectivity index (χ4v) is 6.47. The smallest absolute Gasteiger partial charge is 0.367 e. The topological polar surface area (TPSA) is 79.7 Å². The average Bonchev–Trinajstić information content (AvgIpc) is 3.17. The molecule has 0 saturated carbocycles. The van der Waals surface area contributed by atoms with E-state index in [0.29, 0.717) is 26.7 Å². The highest BCUT2D eigenvalue weighted by molar-refractivity contribution is 9.10. The Morgan fingerprint density at radius 3 is 2.32 bits per heavy atom. The number of nitrogens with zero attached hydrogens (tertiary/aromatic N) is 3. The highest BCUT2D eigenvalue weighted by Gasteiger charge is 2.43. The van der Waals surface area contributed by atoms with E-state index in [-0.39, 0.29) is 47.2 Å². The van der Waals surface area contributed by atoms with Gasteiger partial charge in [-0.2, -0.15) is 13.2 Å². The molecule has 0 N–H and O–H groups in total. The van der Waals surface area contributed by atoms with Crippen molar-refractivity contribution in [1.29, 1.82) is 0 Å². The predicted molar refractivity (Wildman–Crippen MR) is 124 cm³/mol. The predicted octanol–water partition coefficient (Wildman–Crippen LogP) is 4.32. The lowest BCUT2D eigenvalue weighted by Gasteiger charge is -2.36. The van der Waals surface area contributed by atoms with E-state index in [1.165, 1.54) is 24.4 Å². The van der Waals surface area contributed by atoms with Crippen LogP contribution in [0.4, 0.5) is 18.9 Å². The van der Waals surface area contributed by atoms with Crippen LogP contribution in [0.15, 0.2) is 52.0 Å². The van der Waals surface area contributed by atoms with Gasteiger partial charge in [-0.1, -0.05) is 23.7 Å². The normalized spacial score (nSPS) is 15.1. The zero-order chi connectivity index (χ0) is 24.8. The summed E-state index contributed by atoms with van der Waals surface area (Å²) in [5.74, 6) is -1.91. The number of hydrogen-bond acceptors (Lipinski definition) is 5. The Morgan fingerprint density at radius 2 is 1.74 bits per heavy atom. The molecule has 34 heavy (non-hydrogen) atoms. The number of hydrogen-bond donors (Lipinski definition) is 0. The maximum Gasteiger partial charge on any atom is 0.471 e. The fraction of sp³-hybridized carbons (Fsp3) is 0.238. The molecule has 0 aliphatic carbocycles. The summed E-state index contributed by atoms with van der Waals surface area (Å²) in [6.45, 7) is -0.313. The molecular formula is C21H16BrClF3N3O4S. The molecule has 0 unspecified atom stereocenters. The maximum absolute atomic E-state index is 13.4. The summed E-state index contributed by atoms with van der Waals surface area (Å²) in [7, 11) is -4.13. The summed E-state index contributed by atoms with van der Waals surface area (Å²) in [6.07, 6.45) is -3.27. The van der Waals surface area contributed by atoms with Crippen molar-refractivity contribution in [1.82, 2.24) is 8.87 Å². The number of carbonyl (C=O) groups excluding carboxylic acids is 2. The Balaban J connectivity index is 1.80. The van der Waals surface area contributed by atoms with Crippen LogP contribution in [0.3, 0.4) is 0 Å². The highest BCUT2D eigenvalue weighted by Crippen LogP contribution is 2.37. The van der Waals surface area contributed by atoms with Crippen molar-refractivity contribution in [2.24, 2.45) is 0 Å². The number of alkyl halides is 3.